The van der Waals surface area contributed by atoms with Crippen molar-refractivity contribution in [3.05, 3.63) is 65.2 Å². The summed E-state index contributed by atoms with van der Waals surface area (Å²) in [7, 11) is 0. The number of primary amides is 1. The second kappa shape index (κ2) is 11.4. The van der Waals surface area contributed by atoms with Crippen LogP contribution in [0.1, 0.15) is 50.5 Å². The van der Waals surface area contributed by atoms with Crippen molar-refractivity contribution >= 4 is 11.9 Å². The van der Waals surface area contributed by atoms with Crippen LogP contribution in [0, 0.1) is 0 Å². The van der Waals surface area contributed by atoms with Crippen LogP contribution in [0.4, 0.5) is 0 Å². The SMILES string of the molecule is CCNC(=NCc1cccc(OCC(N)=O)c1)NCC(O)c1ccc(C(C)(C)C)cc1. The lowest BCUT2D eigenvalue weighted by Crippen LogP contribution is -2.39. The topological polar surface area (TPSA) is 109 Å². The van der Waals surface area contributed by atoms with Crippen LogP contribution < -0.4 is 21.1 Å². The van der Waals surface area contributed by atoms with E-state index in [9.17, 15) is 9.90 Å². The number of hydrogen-bond donors (Lipinski definition) is 4. The quantitative estimate of drug-likeness (QED) is 0.364. The number of ether oxygens (including phenoxy) is 1. The molecule has 0 spiro atoms. The average molecular weight is 427 g/mol. The molecule has 2 aromatic rings. The molecule has 1 atom stereocenters. The van der Waals surface area contributed by atoms with Crippen molar-refractivity contribution in [2.24, 2.45) is 10.7 Å². The fourth-order valence-electron chi connectivity index (χ4n) is 2.92. The Morgan fingerprint density at radius 3 is 2.48 bits per heavy atom. The van der Waals surface area contributed by atoms with Crippen LogP contribution in [0.2, 0.25) is 0 Å². The number of carbonyl (C=O) groups excluding carboxylic acids is 1. The Labute approximate surface area is 184 Å². The van der Waals surface area contributed by atoms with Crippen molar-refractivity contribution in [1.82, 2.24) is 10.6 Å². The summed E-state index contributed by atoms with van der Waals surface area (Å²) in [6, 6.07) is 15.4. The molecule has 0 saturated carbocycles. The van der Waals surface area contributed by atoms with Crippen molar-refractivity contribution in [3.8, 4) is 5.75 Å². The molecule has 0 bridgehead atoms. The van der Waals surface area contributed by atoms with Crippen LogP contribution in [0.15, 0.2) is 53.5 Å². The van der Waals surface area contributed by atoms with Crippen LogP contribution in [0.5, 0.6) is 5.75 Å². The van der Waals surface area contributed by atoms with Gasteiger partial charge in [0.1, 0.15) is 5.75 Å². The third kappa shape index (κ3) is 8.30. The van der Waals surface area contributed by atoms with Crippen LogP contribution in [0.3, 0.4) is 0 Å². The summed E-state index contributed by atoms with van der Waals surface area (Å²) in [5.41, 5.74) is 8.21. The van der Waals surface area contributed by atoms with Crippen molar-refractivity contribution < 1.29 is 14.6 Å². The van der Waals surface area contributed by atoms with Gasteiger partial charge in [-0.3, -0.25) is 4.79 Å². The highest BCUT2D eigenvalue weighted by Crippen LogP contribution is 2.23. The molecule has 168 valence electrons. The Kier molecular flexibility index (Phi) is 8.88. The summed E-state index contributed by atoms with van der Waals surface area (Å²) in [6.07, 6.45) is -0.650. The minimum Gasteiger partial charge on any atom is -0.484 e. The number of nitrogens with zero attached hydrogens (tertiary/aromatic N) is 1. The molecule has 0 aliphatic carbocycles. The summed E-state index contributed by atoms with van der Waals surface area (Å²) in [5, 5.41) is 16.9. The van der Waals surface area contributed by atoms with E-state index in [0.717, 1.165) is 11.1 Å². The van der Waals surface area contributed by atoms with Crippen molar-refractivity contribution in [2.75, 3.05) is 19.7 Å². The van der Waals surface area contributed by atoms with Gasteiger partial charge in [-0.25, -0.2) is 4.99 Å². The number of nitrogens with one attached hydrogen (secondary N) is 2. The van der Waals surface area contributed by atoms with Gasteiger partial charge in [0.15, 0.2) is 12.6 Å². The van der Waals surface area contributed by atoms with Gasteiger partial charge in [-0.15, -0.1) is 0 Å². The highest BCUT2D eigenvalue weighted by atomic mass is 16.5. The van der Waals surface area contributed by atoms with Gasteiger partial charge in [-0.05, 0) is 41.2 Å². The third-order valence-electron chi connectivity index (χ3n) is 4.67. The lowest BCUT2D eigenvalue weighted by Gasteiger charge is -2.20. The normalized spacial score (nSPS) is 12.9. The number of aliphatic hydroxyl groups is 1. The van der Waals surface area contributed by atoms with E-state index < -0.39 is 12.0 Å². The van der Waals surface area contributed by atoms with E-state index in [1.807, 2.05) is 37.3 Å². The van der Waals surface area contributed by atoms with Gasteiger partial charge in [0.2, 0.25) is 0 Å². The van der Waals surface area contributed by atoms with Gasteiger partial charge in [-0.2, -0.15) is 0 Å². The van der Waals surface area contributed by atoms with Gasteiger partial charge in [0.05, 0.1) is 12.6 Å². The molecule has 5 N–H and O–H groups in total. The van der Waals surface area contributed by atoms with Gasteiger partial charge in [0.25, 0.3) is 5.91 Å². The Morgan fingerprint density at radius 2 is 1.87 bits per heavy atom. The minimum atomic E-state index is -0.650. The molecule has 1 amide bonds. The van der Waals surface area contributed by atoms with Crippen LogP contribution in [-0.4, -0.2) is 36.7 Å². The number of hydrogen-bond acceptors (Lipinski definition) is 4. The maximum absolute atomic E-state index is 10.9. The van der Waals surface area contributed by atoms with Crippen LogP contribution >= 0.6 is 0 Å². The summed E-state index contributed by atoms with van der Waals surface area (Å²) < 4.78 is 5.33. The third-order valence-corrected chi connectivity index (χ3v) is 4.67. The predicted molar refractivity (Wildman–Crippen MR) is 124 cm³/mol. The summed E-state index contributed by atoms with van der Waals surface area (Å²) in [6.45, 7) is 9.77. The largest absolute Gasteiger partial charge is 0.484 e. The van der Waals surface area contributed by atoms with E-state index in [4.69, 9.17) is 10.5 Å². The van der Waals surface area contributed by atoms with E-state index >= 15 is 0 Å². The first-order valence-corrected chi connectivity index (χ1v) is 10.5. The number of amides is 1. The smallest absolute Gasteiger partial charge is 0.255 e. The molecule has 0 fully saturated rings. The monoisotopic (exact) mass is 426 g/mol. The first kappa shape index (κ1) is 24.2. The number of guanidine groups is 1. The van der Waals surface area contributed by atoms with E-state index in [1.54, 1.807) is 6.07 Å². The molecule has 0 heterocycles. The first-order valence-electron chi connectivity index (χ1n) is 10.5. The highest BCUT2D eigenvalue weighted by molar-refractivity contribution is 5.79. The maximum Gasteiger partial charge on any atom is 0.255 e. The molecule has 2 aromatic carbocycles. The van der Waals surface area contributed by atoms with Gasteiger partial charge < -0.3 is 26.2 Å². The summed E-state index contributed by atoms with van der Waals surface area (Å²) >= 11 is 0. The Balaban J connectivity index is 1.97. The zero-order valence-electron chi connectivity index (χ0n) is 18.8. The lowest BCUT2D eigenvalue weighted by atomic mass is 9.86. The molecule has 0 saturated heterocycles. The van der Waals surface area contributed by atoms with Gasteiger partial charge in [0, 0.05) is 13.1 Å². The molecule has 0 aliphatic heterocycles. The number of benzene rings is 2. The average Bonchev–Trinajstić information content (AvgIpc) is 2.73. The molecule has 7 heteroatoms. The van der Waals surface area contributed by atoms with Crippen molar-refractivity contribution in [1.29, 1.82) is 0 Å². The first-order chi connectivity index (χ1) is 14.7. The maximum atomic E-state index is 10.9. The molecule has 1 unspecified atom stereocenters. The molecule has 7 nitrogen and oxygen atoms in total. The Morgan fingerprint density at radius 1 is 1.16 bits per heavy atom. The lowest BCUT2D eigenvalue weighted by molar-refractivity contribution is -0.119. The fourth-order valence-corrected chi connectivity index (χ4v) is 2.92. The number of aliphatic imine (C=N–C) groups is 1. The van der Waals surface area contributed by atoms with Gasteiger partial charge >= 0.3 is 0 Å². The molecular formula is C24H34N4O3. The molecule has 31 heavy (non-hydrogen) atoms. The number of nitrogens with two attached hydrogens (primary N) is 1. The molecular weight excluding hydrogens is 392 g/mol. The predicted octanol–water partition coefficient (Wildman–Crippen LogP) is 2.64. The van der Waals surface area contributed by atoms with Crippen LogP contribution in [0.25, 0.3) is 0 Å². The fraction of sp³-hybridized carbons (Fsp3) is 0.417. The highest BCUT2D eigenvalue weighted by Gasteiger charge is 2.15. The number of carbonyl (C=O) groups is 1. The van der Waals surface area contributed by atoms with E-state index in [-0.39, 0.29) is 12.0 Å². The molecule has 0 aliphatic rings. The van der Waals surface area contributed by atoms with E-state index in [2.05, 4.69) is 48.5 Å². The van der Waals surface area contributed by atoms with Crippen molar-refractivity contribution in [2.45, 2.75) is 45.8 Å². The molecule has 2 rings (SSSR count). The number of rotatable bonds is 9. The van der Waals surface area contributed by atoms with Crippen LogP contribution in [-0.2, 0) is 16.8 Å². The Bertz CT molecular complexity index is 873. The van der Waals surface area contributed by atoms with Crippen molar-refractivity contribution in [3.63, 3.8) is 0 Å². The van der Waals surface area contributed by atoms with E-state index in [1.165, 1.54) is 5.56 Å². The summed E-state index contributed by atoms with van der Waals surface area (Å²) in [4.78, 5) is 15.4. The second-order valence-corrected chi connectivity index (χ2v) is 8.37. The standard InChI is InChI=1S/C24H34N4O3/c1-5-26-23(27-14-17-7-6-8-20(13-17)31-16-22(25)30)28-15-21(29)18-9-11-19(12-10-18)24(2,3)4/h6-13,21,29H,5,14-16H2,1-4H3,(H2,25,30)(H2,26,27,28). The second-order valence-electron chi connectivity index (χ2n) is 8.37. The zero-order valence-corrected chi connectivity index (χ0v) is 18.8. The Hall–Kier alpha value is -3.06. The zero-order chi connectivity index (χ0) is 22.9. The minimum absolute atomic E-state index is 0.0782. The number of aliphatic hydroxyl groups excluding tert-OH is 1. The summed E-state index contributed by atoms with van der Waals surface area (Å²) in [5.74, 6) is 0.656. The van der Waals surface area contributed by atoms with Gasteiger partial charge in [-0.1, -0.05) is 57.2 Å². The van der Waals surface area contributed by atoms with E-state index in [0.29, 0.717) is 31.3 Å². The molecule has 0 aromatic heterocycles. The molecule has 0 radical (unpaired) electrons.